The summed E-state index contributed by atoms with van der Waals surface area (Å²) in [4.78, 5) is 30.7. The summed E-state index contributed by atoms with van der Waals surface area (Å²) in [7, 11) is -4.85. The van der Waals surface area contributed by atoms with E-state index in [1.807, 2.05) is 0 Å². The molecule has 3 amide bonds. The Labute approximate surface area is 139 Å². The van der Waals surface area contributed by atoms with Crippen molar-refractivity contribution in [3.05, 3.63) is 0 Å². The molecule has 24 heavy (non-hydrogen) atoms. The van der Waals surface area contributed by atoms with Gasteiger partial charge in [-0.25, -0.2) is 4.79 Å². The van der Waals surface area contributed by atoms with Gasteiger partial charge in [0.05, 0.1) is 0 Å². The molecule has 2 heterocycles. The molecule has 1 unspecified atom stereocenters. The first-order valence-electron chi connectivity index (χ1n) is 8.09. The van der Waals surface area contributed by atoms with Crippen LogP contribution >= 0.6 is 0 Å². The molecule has 10 nitrogen and oxygen atoms in total. The van der Waals surface area contributed by atoms with Crippen molar-refractivity contribution in [2.45, 2.75) is 63.1 Å². The van der Waals surface area contributed by atoms with Gasteiger partial charge in [0.1, 0.15) is 18.7 Å². The minimum Gasteiger partial charge on any atom is -0.364 e. The lowest BCUT2D eigenvalue weighted by molar-refractivity contribution is -1.06. The predicted molar refractivity (Wildman–Crippen MR) is 79.0 cm³/mol. The van der Waals surface area contributed by atoms with Gasteiger partial charge in [0.25, 0.3) is 5.91 Å². The summed E-state index contributed by atoms with van der Waals surface area (Å²) in [6.07, 6.45) is 4.98. The highest BCUT2D eigenvalue weighted by atomic mass is 32.3. The first kappa shape index (κ1) is 17.5. The number of primary amides is 1. The van der Waals surface area contributed by atoms with Crippen molar-refractivity contribution in [1.29, 1.82) is 0 Å². The van der Waals surface area contributed by atoms with E-state index in [4.69, 9.17) is 15.1 Å². The van der Waals surface area contributed by atoms with Crippen LogP contribution in [0.15, 0.2) is 0 Å². The fourth-order valence-electron chi connectivity index (χ4n) is 3.96. The molecule has 3 fully saturated rings. The number of carbonyl (C=O) groups excluding carboxylic acids is 2. The lowest BCUT2D eigenvalue weighted by Crippen LogP contribution is -2.64. The molecule has 2 aliphatic heterocycles. The van der Waals surface area contributed by atoms with Crippen LogP contribution < -0.4 is 5.73 Å². The van der Waals surface area contributed by atoms with Crippen LogP contribution in [-0.4, -0.2) is 59.4 Å². The first-order valence-corrected chi connectivity index (χ1v) is 9.46. The van der Waals surface area contributed by atoms with Gasteiger partial charge in [-0.2, -0.15) is 13.3 Å². The molecule has 0 aromatic rings. The van der Waals surface area contributed by atoms with Crippen molar-refractivity contribution in [2.75, 3.05) is 6.54 Å². The zero-order valence-electron chi connectivity index (χ0n) is 13.2. The molecule has 0 aromatic carbocycles. The molecule has 3 N–H and O–H groups in total. The number of quaternary nitrogens is 1. The zero-order valence-corrected chi connectivity index (χ0v) is 14.0. The third-order valence-electron chi connectivity index (χ3n) is 5.00. The monoisotopic (exact) mass is 364 g/mol. The lowest BCUT2D eigenvalue weighted by atomic mass is 9.97. The largest absolute Gasteiger partial charge is 0.477 e. The molecular weight excluding hydrogens is 342 g/mol. The molecule has 11 heteroatoms. The van der Waals surface area contributed by atoms with E-state index in [1.54, 1.807) is 0 Å². The van der Waals surface area contributed by atoms with Crippen LogP contribution in [0.3, 0.4) is 0 Å². The van der Waals surface area contributed by atoms with Gasteiger partial charge in [0.15, 0.2) is 0 Å². The fraction of sp³-hybridized carbons (Fsp3) is 0.846. The van der Waals surface area contributed by atoms with Gasteiger partial charge in [-0.05, 0) is 19.3 Å². The number of hydroxylamine groups is 5. The lowest BCUT2D eigenvalue weighted by Gasteiger charge is -2.38. The third-order valence-corrected chi connectivity index (χ3v) is 5.34. The van der Waals surface area contributed by atoms with Crippen LogP contribution in [0, 0.1) is 0 Å². The molecule has 2 bridgehead atoms. The number of carbonyl (C=O) groups is 2. The molecule has 2 saturated heterocycles. The predicted octanol–water partition coefficient (Wildman–Crippen LogP) is 0.254. The number of amides is 3. The van der Waals surface area contributed by atoms with Crippen molar-refractivity contribution in [2.24, 2.45) is 5.73 Å². The van der Waals surface area contributed by atoms with Gasteiger partial charge in [0.2, 0.25) is 6.04 Å². The Balaban J connectivity index is 1.90. The zero-order chi connectivity index (χ0) is 17.5. The van der Waals surface area contributed by atoms with E-state index in [-0.39, 0.29) is 19.1 Å². The molecule has 3 atom stereocenters. The van der Waals surface area contributed by atoms with Crippen LogP contribution in [0.5, 0.6) is 0 Å². The second kappa shape index (κ2) is 6.23. The van der Waals surface area contributed by atoms with E-state index in [1.165, 1.54) is 0 Å². The van der Waals surface area contributed by atoms with Crippen molar-refractivity contribution >= 4 is 22.3 Å². The highest BCUT2D eigenvalue weighted by Gasteiger charge is 2.66. The van der Waals surface area contributed by atoms with Gasteiger partial charge < -0.3 is 5.73 Å². The Morgan fingerprint density at radius 2 is 1.88 bits per heavy atom. The number of nitrogens with zero attached hydrogens (tertiary/aromatic N) is 2. The number of rotatable bonds is 5. The van der Waals surface area contributed by atoms with Gasteiger partial charge in [-0.3, -0.25) is 9.35 Å². The summed E-state index contributed by atoms with van der Waals surface area (Å²) >= 11 is 0. The Hall–Kier alpha value is -1.27. The van der Waals surface area contributed by atoms with Gasteiger partial charge in [-0.15, -0.1) is 9.35 Å². The molecule has 0 radical (unpaired) electrons. The Bertz CT molecular complexity index is 633. The molecule has 0 spiro atoms. The molecule has 1 aliphatic carbocycles. The average molecular weight is 364 g/mol. The number of nitrogens with two attached hydrogens (primary N) is 1. The minimum atomic E-state index is -4.85. The summed E-state index contributed by atoms with van der Waals surface area (Å²) in [5.74, 6) is -0.675. The smallest absolute Gasteiger partial charge is 0.364 e. The second-order valence-electron chi connectivity index (χ2n) is 6.60. The number of urea groups is 1. The Morgan fingerprint density at radius 3 is 2.46 bits per heavy atom. The average Bonchev–Trinajstić information content (AvgIpc) is 2.68. The van der Waals surface area contributed by atoms with E-state index in [0.717, 1.165) is 32.1 Å². The van der Waals surface area contributed by atoms with Crippen LogP contribution in [0.1, 0.15) is 44.9 Å². The second-order valence-corrected chi connectivity index (χ2v) is 7.61. The maximum Gasteiger partial charge on any atom is 0.477 e. The number of hydrogen-bond donors (Lipinski definition) is 2. The van der Waals surface area contributed by atoms with Gasteiger partial charge in [-0.1, -0.05) is 23.9 Å². The number of fused-ring (bicyclic) bond motifs is 2. The third kappa shape index (κ3) is 3.14. The maximum absolute atomic E-state index is 12.8. The molecule has 136 valence electrons. The molecular formula is C13H22N3O7S+. The number of piperidine rings is 1. The van der Waals surface area contributed by atoms with E-state index in [0.29, 0.717) is 11.5 Å². The van der Waals surface area contributed by atoms with Gasteiger partial charge >= 0.3 is 16.4 Å². The summed E-state index contributed by atoms with van der Waals surface area (Å²) in [6.45, 7) is 0.0679. The number of hydrogen-bond acceptors (Lipinski definition) is 6. The van der Waals surface area contributed by atoms with Crippen LogP contribution in [-0.2, 0) is 24.3 Å². The van der Waals surface area contributed by atoms with E-state index in [2.05, 4.69) is 4.28 Å². The minimum absolute atomic E-state index is 0.0679. The van der Waals surface area contributed by atoms with E-state index < -0.39 is 39.1 Å². The summed E-state index contributed by atoms with van der Waals surface area (Å²) in [5.41, 5.74) is 5.46. The van der Waals surface area contributed by atoms with Crippen molar-refractivity contribution in [3.8, 4) is 0 Å². The Kier molecular flexibility index (Phi) is 4.55. The molecule has 0 aromatic heterocycles. The van der Waals surface area contributed by atoms with E-state index in [9.17, 15) is 18.0 Å². The SMILES string of the molecule is NC(=O)[C@@H]1CC[C@@H]2C[N+]1(OC1CCCCC1)C(=O)N2OS(=O)(=O)O. The summed E-state index contributed by atoms with van der Waals surface area (Å²) < 4.78 is 34.7. The molecule has 1 saturated carbocycles. The highest BCUT2D eigenvalue weighted by molar-refractivity contribution is 7.80. The summed E-state index contributed by atoms with van der Waals surface area (Å²) in [5, 5.41) is 0.612. The van der Waals surface area contributed by atoms with Crippen LogP contribution in [0.2, 0.25) is 0 Å². The maximum atomic E-state index is 12.8. The first-order chi connectivity index (χ1) is 11.2. The van der Waals surface area contributed by atoms with Crippen LogP contribution in [0.4, 0.5) is 4.79 Å². The van der Waals surface area contributed by atoms with Crippen LogP contribution in [0.25, 0.3) is 0 Å². The summed E-state index contributed by atoms with van der Waals surface area (Å²) in [6, 6.07) is -2.31. The fourth-order valence-corrected chi connectivity index (χ4v) is 4.34. The highest BCUT2D eigenvalue weighted by Crippen LogP contribution is 2.40. The molecule has 3 aliphatic rings. The Morgan fingerprint density at radius 1 is 1.21 bits per heavy atom. The van der Waals surface area contributed by atoms with Gasteiger partial charge in [0, 0.05) is 6.42 Å². The van der Waals surface area contributed by atoms with Crippen molar-refractivity contribution in [3.63, 3.8) is 0 Å². The normalized spacial score (nSPS) is 34.5. The standard InChI is InChI=1S/C13H21N3O7S/c14-12(17)11-7-6-9-8-16(11,22-10-4-2-1-3-5-10)13(18)15(9)23-24(19,20)21/h9-11H,1-8H2,(H2-,14,17,19,20,21)/p+1/t9-,11+,16?/m1/s1. The quantitative estimate of drug-likeness (QED) is 0.527. The van der Waals surface area contributed by atoms with Crippen molar-refractivity contribution in [1.82, 2.24) is 5.06 Å². The molecule has 3 rings (SSSR count). The van der Waals surface area contributed by atoms with E-state index >= 15 is 0 Å². The topological polar surface area (TPSA) is 136 Å². The van der Waals surface area contributed by atoms with Crippen molar-refractivity contribution < 1.29 is 36.3 Å².